The number of aryl methyl sites for hydroxylation is 1. The average Bonchev–Trinajstić information content (AvgIpc) is 2.67. The summed E-state index contributed by atoms with van der Waals surface area (Å²) >= 11 is 0. The Hall–Kier alpha value is -1.80. The van der Waals surface area contributed by atoms with Crippen LogP contribution in [-0.4, -0.2) is 11.6 Å². The zero-order chi connectivity index (χ0) is 11.5. The predicted molar refractivity (Wildman–Crippen MR) is 70.5 cm³/mol. The van der Waals surface area contributed by atoms with Gasteiger partial charge in [0.15, 0.2) is 0 Å². The summed E-state index contributed by atoms with van der Waals surface area (Å²) in [5.41, 5.74) is 7.10. The molecule has 0 fully saturated rings. The van der Waals surface area contributed by atoms with Crippen LogP contribution in [0.2, 0.25) is 0 Å². The Morgan fingerprint density at radius 1 is 0.750 bits per heavy atom. The lowest BCUT2D eigenvalue weighted by atomic mass is 10.2. The minimum Gasteiger partial charge on any atom is -0.344 e. The molecule has 0 radical (unpaired) electrons. The highest BCUT2D eigenvalue weighted by atomic mass is 14.9. The van der Waals surface area contributed by atoms with Gasteiger partial charge in [-0.15, -0.1) is 0 Å². The number of para-hydroxylation sites is 2. The highest BCUT2D eigenvalue weighted by Gasteiger charge is 2.04. The van der Waals surface area contributed by atoms with Crippen molar-refractivity contribution in [2.45, 2.75) is 0 Å². The highest BCUT2D eigenvalue weighted by molar-refractivity contribution is 6.07. The normalized spacial score (nSPS) is 10.2. The molecule has 16 heavy (non-hydrogen) atoms. The Morgan fingerprint density at radius 2 is 1.12 bits per heavy atom. The van der Waals surface area contributed by atoms with Crippen LogP contribution in [0, 0.1) is 0 Å². The van der Waals surface area contributed by atoms with Gasteiger partial charge in [-0.25, -0.2) is 0 Å². The molecule has 2 aromatic carbocycles. The molecule has 1 aromatic heterocycles. The van der Waals surface area contributed by atoms with E-state index in [1.807, 2.05) is 0 Å². The molecule has 0 bridgehead atoms. The third-order valence-electron chi connectivity index (χ3n) is 2.82. The Labute approximate surface area is 95.3 Å². The molecule has 0 atom stereocenters. The van der Waals surface area contributed by atoms with Crippen molar-refractivity contribution in [3.05, 3.63) is 48.5 Å². The van der Waals surface area contributed by atoms with Crippen molar-refractivity contribution >= 4 is 21.8 Å². The molecule has 0 spiro atoms. The van der Waals surface area contributed by atoms with Crippen molar-refractivity contribution in [1.29, 1.82) is 0 Å². The third kappa shape index (κ3) is 1.48. The van der Waals surface area contributed by atoms with Gasteiger partial charge >= 0.3 is 0 Å². The number of fused-ring (bicyclic) bond motifs is 3. The van der Waals surface area contributed by atoms with Crippen LogP contribution in [0.4, 0.5) is 0 Å². The van der Waals surface area contributed by atoms with Crippen molar-refractivity contribution in [3.63, 3.8) is 0 Å². The van der Waals surface area contributed by atoms with E-state index in [9.17, 15) is 0 Å². The van der Waals surface area contributed by atoms with Crippen LogP contribution in [0.1, 0.15) is 0 Å². The van der Waals surface area contributed by atoms with E-state index in [-0.39, 0.29) is 0 Å². The molecule has 1 heterocycles. The van der Waals surface area contributed by atoms with Crippen LogP contribution >= 0.6 is 0 Å². The van der Waals surface area contributed by atoms with Gasteiger partial charge < -0.3 is 10.3 Å². The van der Waals surface area contributed by atoms with Crippen molar-refractivity contribution in [2.24, 2.45) is 12.8 Å². The number of hydrogen-bond donors (Lipinski definition) is 1. The molecule has 0 aliphatic rings. The van der Waals surface area contributed by atoms with E-state index in [1.165, 1.54) is 28.9 Å². The smallest absolute Gasteiger partial charge is 0.0488 e. The van der Waals surface area contributed by atoms with Crippen LogP contribution < -0.4 is 5.73 Å². The van der Waals surface area contributed by atoms with E-state index in [2.05, 4.69) is 65.9 Å². The van der Waals surface area contributed by atoms with E-state index in [0.717, 1.165) is 0 Å². The number of nitrogens with two attached hydrogens (primary N) is 1. The molecule has 0 unspecified atom stereocenters. The maximum Gasteiger partial charge on any atom is 0.0488 e. The van der Waals surface area contributed by atoms with Gasteiger partial charge in [0.25, 0.3) is 0 Å². The van der Waals surface area contributed by atoms with E-state index in [0.29, 0.717) is 0 Å². The molecule has 2 heteroatoms. The molecule has 0 amide bonds. The van der Waals surface area contributed by atoms with Gasteiger partial charge in [-0.1, -0.05) is 36.4 Å². The Morgan fingerprint density at radius 3 is 1.56 bits per heavy atom. The quantitative estimate of drug-likeness (QED) is 0.610. The van der Waals surface area contributed by atoms with Gasteiger partial charge in [-0.3, -0.25) is 0 Å². The first-order valence-corrected chi connectivity index (χ1v) is 5.38. The second-order valence-electron chi connectivity index (χ2n) is 3.59. The van der Waals surface area contributed by atoms with Gasteiger partial charge in [0.1, 0.15) is 0 Å². The van der Waals surface area contributed by atoms with Gasteiger partial charge in [-0.05, 0) is 19.2 Å². The predicted octanol–water partition coefficient (Wildman–Crippen LogP) is 2.91. The third-order valence-corrected chi connectivity index (χ3v) is 2.82. The summed E-state index contributed by atoms with van der Waals surface area (Å²) < 4.78 is 2.24. The van der Waals surface area contributed by atoms with E-state index < -0.39 is 0 Å². The number of aromatic nitrogens is 1. The van der Waals surface area contributed by atoms with Gasteiger partial charge in [0, 0.05) is 28.9 Å². The summed E-state index contributed by atoms with van der Waals surface area (Å²) in [4.78, 5) is 0. The Balaban J connectivity index is 0.000000457. The molecule has 0 saturated heterocycles. The van der Waals surface area contributed by atoms with Crippen LogP contribution in [0.15, 0.2) is 48.5 Å². The molecule has 3 aromatic rings. The number of benzene rings is 2. The lowest BCUT2D eigenvalue weighted by molar-refractivity contribution is 1.01. The molecule has 3 rings (SSSR count). The lowest BCUT2D eigenvalue weighted by Crippen LogP contribution is -1.84. The molecule has 82 valence electrons. The summed E-state index contributed by atoms with van der Waals surface area (Å²) in [6.07, 6.45) is 0. The topological polar surface area (TPSA) is 30.9 Å². The second kappa shape index (κ2) is 4.37. The monoisotopic (exact) mass is 212 g/mol. The lowest BCUT2D eigenvalue weighted by Gasteiger charge is -1.95. The largest absolute Gasteiger partial charge is 0.344 e. The zero-order valence-electron chi connectivity index (χ0n) is 9.64. The van der Waals surface area contributed by atoms with Gasteiger partial charge in [0.05, 0.1) is 0 Å². The van der Waals surface area contributed by atoms with Crippen LogP contribution in [0.25, 0.3) is 21.8 Å². The van der Waals surface area contributed by atoms with E-state index in [4.69, 9.17) is 0 Å². The minimum absolute atomic E-state index is 1.30. The van der Waals surface area contributed by atoms with Gasteiger partial charge in [-0.2, -0.15) is 0 Å². The summed E-state index contributed by atoms with van der Waals surface area (Å²) in [6, 6.07) is 17.0. The summed E-state index contributed by atoms with van der Waals surface area (Å²) in [5.74, 6) is 0. The first kappa shape index (κ1) is 10.7. The summed E-state index contributed by atoms with van der Waals surface area (Å²) in [6.45, 7) is 0. The van der Waals surface area contributed by atoms with E-state index >= 15 is 0 Å². The standard InChI is InChI=1S/C13H11N.CH5N/c1-14-12-8-4-2-6-10(12)11-7-3-5-9-13(11)14;1-2/h2-9H,1H3;2H2,1H3. The van der Waals surface area contributed by atoms with Crippen molar-refractivity contribution in [1.82, 2.24) is 4.57 Å². The molecular weight excluding hydrogens is 196 g/mol. The zero-order valence-corrected chi connectivity index (χ0v) is 9.64. The van der Waals surface area contributed by atoms with E-state index in [1.54, 1.807) is 0 Å². The number of nitrogens with zero attached hydrogens (tertiary/aromatic N) is 1. The maximum absolute atomic E-state index is 4.50. The van der Waals surface area contributed by atoms with Crippen LogP contribution in [0.3, 0.4) is 0 Å². The summed E-state index contributed by atoms with van der Waals surface area (Å²) in [7, 11) is 3.62. The summed E-state index contributed by atoms with van der Waals surface area (Å²) in [5, 5.41) is 2.68. The van der Waals surface area contributed by atoms with Crippen molar-refractivity contribution in [3.8, 4) is 0 Å². The molecule has 0 aliphatic carbocycles. The minimum atomic E-state index is 1.30. The average molecular weight is 212 g/mol. The highest BCUT2D eigenvalue weighted by Crippen LogP contribution is 2.26. The fraction of sp³-hybridized carbons (Fsp3) is 0.143. The fourth-order valence-corrected chi connectivity index (χ4v) is 2.12. The molecule has 0 saturated carbocycles. The number of hydrogen-bond acceptors (Lipinski definition) is 1. The second-order valence-corrected chi connectivity index (χ2v) is 3.59. The fourth-order valence-electron chi connectivity index (χ4n) is 2.12. The Bertz CT molecular complexity index is 555. The molecule has 2 nitrogen and oxygen atoms in total. The SMILES string of the molecule is CN.Cn1c2ccccc2c2ccccc21. The van der Waals surface area contributed by atoms with Gasteiger partial charge in [0.2, 0.25) is 0 Å². The van der Waals surface area contributed by atoms with Crippen LogP contribution in [0.5, 0.6) is 0 Å². The first-order valence-electron chi connectivity index (χ1n) is 5.38. The van der Waals surface area contributed by atoms with Crippen LogP contribution in [-0.2, 0) is 7.05 Å². The van der Waals surface area contributed by atoms with Crippen molar-refractivity contribution in [2.75, 3.05) is 7.05 Å². The maximum atomic E-state index is 4.50. The Kier molecular flexibility index (Phi) is 2.93. The van der Waals surface area contributed by atoms with Crippen molar-refractivity contribution < 1.29 is 0 Å². The number of rotatable bonds is 0. The first-order chi connectivity index (χ1) is 7.88. The molecular formula is C14H16N2. The molecule has 2 N–H and O–H groups in total. The molecule has 0 aliphatic heterocycles.